The summed E-state index contributed by atoms with van der Waals surface area (Å²) in [5.41, 5.74) is 0. The largest absolute Gasteiger partial charge is 0.426 e. The van der Waals surface area contributed by atoms with Crippen LogP contribution >= 0.6 is 0 Å². The van der Waals surface area contributed by atoms with Gasteiger partial charge in [-0.15, -0.1) is 0 Å². The number of hydrogen-bond acceptors (Lipinski definition) is 4. The number of carbonyl (C=O) groups excluding carboxylic acids is 2. The summed E-state index contributed by atoms with van der Waals surface area (Å²) in [6, 6.07) is 0. The van der Waals surface area contributed by atoms with Gasteiger partial charge in [-0.05, 0) is 12.8 Å². The molecule has 0 aromatic rings. The lowest BCUT2D eigenvalue weighted by Crippen LogP contribution is -2.24. The summed E-state index contributed by atoms with van der Waals surface area (Å²) in [5.74, 6) is -0.666. The van der Waals surface area contributed by atoms with Gasteiger partial charge >= 0.3 is 11.9 Å². The van der Waals surface area contributed by atoms with E-state index in [0.717, 1.165) is 25.7 Å². The lowest BCUT2D eigenvalue weighted by Gasteiger charge is -2.15. The van der Waals surface area contributed by atoms with Crippen molar-refractivity contribution in [2.45, 2.75) is 45.8 Å². The zero-order valence-corrected chi connectivity index (χ0v) is 8.62. The number of esters is 2. The topological polar surface area (TPSA) is 52.6 Å². The third-order valence-electron chi connectivity index (χ3n) is 2.30. The molecule has 1 fully saturated rings. The van der Waals surface area contributed by atoms with Crippen LogP contribution in [0, 0.1) is 5.92 Å². The van der Waals surface area contributed by atoms with Gasteiger partial charge in [-0.2, -0.15) is 0 Å². The first-order chi connectivity index (χ1) is 6.59. The third kappa shape index (κ3) is 3.36. The van der Waals surface area contributed by atoms with Crippen LogP contribution in [0.5, 0.6) is 0 Å². The van der Waals surface area contributed by atoms with Gasteiger partial charge in [0.05, 0.1) is 5.92 Å². The summed E-state index contributed by atoms with van der Waals surface area (Å²) in [6.07, 6.45) is 3.20. The van der Waals surface area contributed by atoms with E-state index in [0.29, 0.717) is 0 Å². The van der Waals surface area contributed by atoms with Crippen LogP contribution in [0.15, 0.2) is 0 Å². The Morgan fingerprint density at radius 1 is 1.21 bits per heavy atom. The fraction of sp³-hybridized carbons (Fsp3) is 0.800. The lowest BCUT2D eigenvalue weighted by molar-refractivity contribution is -0.185. The summed E-state index contributed by atoms with van der Waals surface area (Å²) in [7, 11) is 0. The lowest BCUT2D eigenvalue weighted by atomic mass is 10.1. The molecular weight excluding hydrogens is 184 g/mol. The van der Waals surface area contributed by atoms with E-state index in [4.69, 9.17) is 9.47 Å². The van der Waals surface area contributed by atoms with E-state index in [9.17, 15) is 9.59 Å². The predicted octanol–water partition coefficient (Wildman–Crippen LogP) is 1.63. The summed E-state index contributed by atoms with van der Waals surface area (Å²) in [5, 5.41) is 0. The van der Waals surface area contributed by atoms with Crippen LogP contribution in [0.2, 0.25) is 0 Å². The van der Waals surface area contributed by atoms with Crippen molar-refractivity contribution in [1.29, 1.82) is 0 Å². The second kappa shape index (κ2) is 4.98. The smallest absolute Gasteiger partial charge is 0.311 e. The highest BCUT2D eigenvalue weighted by molar-refractivity contribution is 5.73. The molecule has 0 heterocycles. The van der Waals surface area contributed by atoms with Crippen LogP contribution in [-0.4, -0.2) is 18.2 Å². The maximum absolute atomic E-state index is 11.4. The summed E-state index contributed by atoms with van der Waals surface area (Å²) in [4.78, 5) is 22.0. The van der Waals surface area contributed by atoms with Gasteiger partial charge in [0.2, 0.25) is 6.29 Å². The molecule has 1 aliphatic carbocycles. The van der Waals surface area contributed by atoms with E-state index in [1.807, 2.05) is 0 Å². The van der Waals surface area contributed by atoms with Crippen LogP contribution in [0.4, 0.5) is 0 Å². The van der Waals surface area contributed by atoms with Gasteiger partial charge < -0.3 is 9.47 Å². The van der Waals surface area contributed by atoms with E-state index < -0.39 is 12.3 Å². The minimum atomic E-state index is -0.763. The Labute approximate surface area is 83.6 Å². The summed E-state index contributed by atoms with van der Waals surface area (Å²) >= 11 is 0. The molecule has 0 unspecified atom stereocenters. The van der Waals surface area contributed by atoms with E-state index in [1.165, 1.54) is 6.92 Å². The maximum Gasteiger partial charge on any atom is 0.311 e. The molecule has 0 amide bonds. The minimum Gasteiger partial charge on any atom is -0.426 e. The molecule has 14 heavy (non-hydrogen) atoms. The predicted molar refractivity (Wildman–Crippen MR) is 49.3 cm³/mol. The zero-order chi connectivity index (χ0) is 10.6. The maximum atomic E-state index is 11.4. The van der Waals surface area contributed by atoms with Crippen molar-refractivity contribution in [3.8, 4) is 0 Å². The molecule has 0 spiro atoms. The van der Waals surface area contributed by atoms with Crippen LogP contribution < -0.4 is 0 Å². The SMILES string of the molecule is CC(=O)O[C@@H](C)OC(=O)C1CCCC1. The number of carbonyl (C=O) groups is 2. The van der Waals surface area contributed by atoms with E-state index in [1.54, 1.807) is 6.92 Å². The molecule has 1 atom stereocenters. The Bertz CT molecular complexity index is 218. The van der Waals surface area contributed by atoms with Gasteiger partial charge in [0.15, 0.2) is 0 Å². The average Bonchev–Trinajstić information content (AvgIpc) is 2.53. The molecule has 1 rings (SSSR count). The first-order valence-corrected chi connectivity index (χ1v) is 4.97. The number of hydrogen-bond donors (Lipinski definition) is 0. The standard InChI is InChI=1S/C10H16O4/c1-7(11)13-8(2)14-10(12)9-5-3-4-6-9/h8-9H,3-6H2,1-2H3/t8-/m1/s1. The third-order valence-corrected chi connectivity index (χ3v) is 2.30. The van der Waals surface area contributed by atoms with E-state index >= 15 is 0 Å². The van der Waals surface area contributed by atoms with Crippen LogP contribution in [0.25, 0.3) is 0 Å². The normalized spacial score (nSPS) is 19.0. The zero-order valence-electron chi connectivity index (χ0n) is 8.62. The van der Waals surface area contributed by atoms with Crippen molar-refractivity contribution < 1.29 is 19.1 Å². The fourth-order valence-corrected chi connectivity index (χ4v) is 1.68. The summed E-state index contributed by atoms with van der Waals surface area (Å²) in [6.45, 7) is 2.84. The Morgan fingerprint density at radius 2 is 1.79 bits per heavy atom. The van der Waals surface area contributed by atoms with Gasteiger partial charge in [-0.3, -0.25) is 9.59 Å². The van der Waals surface area contributed by atoms with Crippen molar-refractivity contribution in [3.63, 3.8) is 0 Å². The Morgan fingerprint density at radius 3 is 2.29 bits per heavy atom. The minimum absolute atomic E-state index is 0.00741. The molecule has 4 heteroatoms. The van der Waals surface area contributed by atoms with Gasteiger partial charge in [-0.1, -0.05) is 12.8 Å². The molecule has 0 aromatic heterocycles. The Hall–Kier alpha value is -1.06. The molecule has 1 aliphatic rings. The fourth-order valence-electron chi connectivity index (χ4n) is 1.68. The monoisotopic (exact) mass is 200 g/mol. The van der Waals surface area contributed by atoms with Gasteiger partial charge in [0, 0.05) is 13.8 Å². The van der Waals surface area contributed by atoms with Crippen molar-refractivity contribution in [3.05, 3.63) is 0 Å². The van der Waals surface area contributed by atoms with Gasteiger partial charge in [0.25, 0.3) is 0 Å². The Balaban J connectivity index is 2.28. The van der Waals surface area contributed by atoms with Crippen LogP contribution in [-0.2, 0) is 19.1 Å². The first kappa shape index (κ1) is 11.0. The molecule has 0 radical (unpaired) electrons. The molecule has 0 N–H and O–H groups in total. The van der Waals surface area contributed by atoms with Crippen LogP contribution in [0.3, 0.4) is 0 Å². The molecule has 0 aromatic carbocycles. The van der Waals surface area contributed by atoms with Gasteiger partial charge in [-0.25, -0.2) is 0 Å². The second-order valence-electron chi connectivity index (χ2n) is 3.60. The molecule has 0 saturated heterocycles. The Kier molecular flexibility index (Phi) is 3.92. The van der Waals surface area contributed by atoms with E-state index in [-0.39, 0.29) is 11.9 Å². The quantitative estimate of drug-likeness (QED) is 0.513. The molecule has 0 aliphatic heterocycles. The molecule has 80 valence electrons. The molecule has 1 saturated carbocycles. The summed E-state index contributed by atoms with van der Waals surface area (Å²) < 4.78 is 9.66. The van der Waals surface area contributed by atoms with Crippen molar-refractivity contribution in [2.75, 3.05) is 0 Å². The average molecular weight is 200 g/mol. The van der Waals surface area contributed by atoms with Gasteiger partial charge in [0.1, 0.15) is 0 Å². The number of rotatable bonds is 3. The second-order valence-corrected chi connectivity index (χ2v) is 3.60. The highest BCUT2D eigenvalue weighted by Gasteiger charge is 2.25. The number of ether oxygens (including phenoxy) is 2. The first-order valence-electron chi connectivity index (χ1n) is 4.97. The molecule has 4 nitrogen and oxygen atoms in total. The highest BCUT2D eigenvalue weighted by atomic mass is 16.7. The van der Waals surface area contributed by atoms with Crippen molar-refractivity contribution in [2.24, 2.45) is 5.92 Å². The highest BCUT2D eigenvalue weighted by Crippen LogP contribution is 2.26. The molecular formula is C10H16O4. The van der Waals surface area contributed by atoms with Crippen molar-refractivity contribution in [1.82, 2.24) is 0 Å². The van der Waals surface area contributed by atoms with E-state index in [2.05, 4.69) is 0 Å². The van der Waals surface area contributed by atoms with Crippen LogP contribution in [0.1, 0.15) is 39.5 Å². The van der Waals surface area contributed by atoms with Crippen molar-refractivity contribution >= 4 is 11.9 Å². The molecule has 0 bridgehead atoms.